The maximum absolute atomic E-state index is 6.43. The van der Waals surface area contributed by atoms with E-state index in [1.165, 1.54) is 5.56 Å². The Kier molecular flexibility index (Phi) is 5.66. The van der Waals surface area contributed by atoms with Gasteiger partial charge in [-0.3, -0.25) is 0 Å². The van der Waals surface area contributed by atoms with Crippen LogP contribution in [0.3, 0.4) is 0 Å². The summed E-state index contributed by atoms with van der Waals surface area (Å²) in [5.41, 5.74) is 3.31. The quantitative estimate of drug-likeness (QED) is 0.819. The van der Waals surface area contributed by atoms with Crippen LogP contribution in [-0.2, 0) is 6.54 Å². The number of halogens is 1. The molecule has 0 amide bonds. The molecule has 0 spiro atoms. The Morgan fingerprint density at radius 2 is 1.95 bits per heavy atom. The second-order valence-corrected chi connectivity index (χ2v) is 5.70. The molecule has 0 fully saturated rings. The van der Waals surface area contributed by atoms with Crippen LogP contribution in [0.15, 0.2) is 42.5 Å². The normalized spacial score (nSPS) is 10.9. The second-order valence-electron chi connectivity index (χ2n) is 5.29. The lowest BCUT2D eigenvalue weighted by Gasteiger charge is -2.12. The summed E-state index contributed by atoms with van der Waals surface area (Å²) in [6.45, 7) is 7.93. The van der Waals surface area contributed by atoms with Crippen molar-refractivity contribution >= 4 is 11.6 Å². The lowest BCUT2D eigenvalue weighted by Crippen LogP contribution is -2.11. The Hall–Kier alpha value is -1.51. The van der Waals surface area contributed by atoms with E-state index >= 15 is 0 Å². The molecule has 0 bridgehead atoms. The van der Waals surface area contributed by atoms with Gasteiger partial charge in [-0.15, -0.1) is 0 Å². The molecule has 1 N–H and O–H groups in total. The molecule has 0 heterocycles. The van der Waals surface area contributed by atoms with Crippen molar-refractivity contribution in [3.63, 3.8) is 0 Å². The third-order valence-corrected chi connectivity index (χ3v) is 3.44. The van der Waals surface area contributed by atoms with Crippen LogP contribution < -0.4 is 10.1 Å². The summed E-state index contributed by atoms with van der Waals surface area (Å²) in [5, 5.41) is 4.07. The molecular formula is C18H22ClNO. The highest BCUT2D eigenvalue weighted by atomic mass is 35.5. The van der Waals surface area contributed by atoms with E-state index in [0.29, 0.717) is 0 Å². The van der Waals surface area contributed by atoms with E-state index in [4.69, 9.17) is 16.3 Å². The van der Waals surface area contributed by atoms with Gasteiger partial charge in [0.15, 0.2) is 0 Å². The van der Waals surface area contributed by atoms with Crippen LogP contribution in [0.1, 0.15) is 26.3 Å². The molecule has 0 aromatic heterocycles. The summed E-state index contributed by atoms with van der Waals surface area (Å²) < 4.78 is 5.74. The summed E-state index contributed by atoms with van der Waals surface area (Å²) in [6.07, 6.45) is 0.165. The van der Waals surface area contributed by atoms with Crippen LogP contribution in [0.25, 0.3) is 11.1 Å². The molecule has 0 saturated heterocycles. The number of benzene rings is 2. The topological polar surface area (TPSA) is 21.3 Å². The molecule has 0 aliphatic heterocycles. The lowest BCUT2D eigenvalue weighted by molar-refractivity contribution is 0.242. The van der Waals surface area contributed by atoms with Crippen molar-refractivity contribution in [1.82, 2.24) is 5.32 Å². The zero-order valence-corrected chi connectivity index (χ0v) is 13.6. The average Bonchev–Trinajstić information content (AvgIpc) is 2.44. The third-order valence-electron chi connectivity index (χ3n) is 3.13. The van der Waals surface area contributed by atoms with Gasteiger partial charge >= 0.3 is 0 Å². The summed E-state index contributed by atoms with van der Waals surface area (Å²) in [6, 6.07) is 14.3. The Bertz CT molecular complexity index is 596. The number of ether oxygens (including phenoxy) is 1. The molecule has 112 valence electrons. The van der Waals surface area contributed by atoms with Crippen LogP contribution in [0.4, 0.5) is 0 Å². The van der Waals surface area contributed by atoms with Gasteiger partial charge in [0.05, 0.1) is 6.10 Å². The number of hydrogen-bond acceptors (Lipinski definition) is 2. The molecule has 0 saturated carbocycles. The van der Waals surface area contributed by atoms with E-state index in [0.717, 1.165) is 35.0 Å². The average molecular weight is 304 g/mol. The molecule has 0 aliphatic rings. The van der Waals surface area contributed by atoms with Crippen molar-refractivity contribution < 1.29 is 4.74 Å². The van der Waals surface area contributed by atoms with Gasteiger partial charge in [0, 0.05) is 17.1 Å². The Morgan fingerprint density at radius 1 is 1.14 bits per heavy atom. The van der Waals surface area contributed by atoms with Gasteiger partial charge in [0.2, 0.25) is 0 Å². The minimum absolute atomic E-state index is 0.165. The van der Waals surface area contributed by atoms with Gasteiger partial charge in [-0.2, -0.15) is 0 Å². The predicted molar refractivity (Wildman–Crippen MR) is 90.0 cm³/mol. The van der Waals surface area contributed by atoms with Crippen molar-refractivity contribution in [1.29, 1.82) is 0 Å². The third kappa shape index (κ3) is 4.48. The summed E-state index contributed by atoms with van der Waals surface area (Å²) >= 11 is 6.43. The minimum atomic E-state index is 0.165. The summed E-state index contributed by atoms with van der Waals surface area (Å²) in [4.78, 5) is 0. The van der Waals surface area contributed by atoms with Gasteiger partial charge in [0.25, 0.3) is 0 Å². The Balaban J connectivity index is 2.25. The molecule has 0 atom stereocenters. The molecule has 2 nitrogen and oxygen atoms in total. The Labute approximate surface area is 132 Å². The second kappa shape index (κ2) is 7.48. The van der Waals surface area contributed by atoms with Crippen LogP contribution in [0.5, 0.6) is 5.75 Å². The molecule has 0 radical (unpaired) electrons. The number of hydrogen-bond donors (Lipinski definition) is 1. The fourth-order valence-corrected chi connectivity index (χ4v) is 2.49. The monoisotopic (exact) mass is 303 g/mol. The molecule has 21 heavy (non-hydrogen) atoms. The molecule has 0 unspecified atom stereocenters. The lowest BCUT2D eigenvalue weighted by atomic mass is 10.0. The Morgan fingerprint density at radius 3 is 2.62 bits per heavy atom. The maximum Gasteiger partial charge on any atom is 0.120 e. The maximum atomic E-state index is 6.43. The number of nitrogens with one attached hydrogen (secondary N) is 1. The first-order valence-electron chi connectivity index (χ1n) is 7.36. The van der Waals surface area contributed by atoms with Gasteiger partial charge in [-0.05, 0) is 49.7 Å². The highest BCUT2D eigenvalue weighted by molar-refractivity contribution is 6.33. The molecule has 2 aromatic carbocycles. The smallest absolute Gasteiger partial charge is 0.120 e. The minimum Gasteiger partial charge on any atom is -0.491 e. The van der Waals surface area contributed by atoms with E-state index in [-0.39, 0.29) is 6.10 Å². The van der Waals surface area contributed by atoms with Gasteiger partial charge in [0.1, 0.15) is 5.75 Å². The number of rotatable bonds is 6. The van der Waals surface area contributed by atoms with Crippen LogP contribution in [0.2, 0.25) is 5.02 Å². The van der Waals surface area contributed by atoms with Crippen LogP contribution in [0, 0.1) is 0 Å². The van der Waals surface area contributed by atoms with Gasteiger partial charge in [-0.25, -0.2) is 0 Å². The van der Waals surface area contributed by atoms with Gasteiger partial charge < -0.3 is 10.1 Å². The van der Waals surface area contributed by atoms with Crippen molar-refractivity contribution in [3.05, 3.63) is 53.1 Å². The zero-order chi connectivity index (χ0) is 15.2. The van der Waals surface area contributed by atoms with E-state index in [2.05, 4.69) is 30.4 Å². The first-order chi connectivity index (χ1) is 10.1. The summed E-state index contributed by atoms with van der Waals surface area (Å²) in [5.74, 6) is 0.871. The van der Waals surface area contributed by atoms with E-state index in [9.17, 15) is 0 Å². The zero-order valence-electron chi connectivity index (χ0n) is 12.8. The first-order valence-corrected chi connectivity index (χ1v) is 7.74. The van der Waals surface area contributed by atoms with Crippen LogP contribution in [-0.4, -0.2) is 12.6 Å². The first kappa shape index (κ1) is 15.9. The molecule has 3 heteroatoms. The summed E-state index contributed by atoms with van der Waals surface area (Å²) in [7, 11) is 0. The van der Waals surface area contributed by atoms with Crippen molar-refractivity contribution in [2.45, 2.75) is 33.4 Å². The van der Waals surface area contributed by atoms with E-state index < -0.39 is 0 Å². The highest BCUT2D eigenvalue weighted by Crippen LogP contribution is 2.31. The molecular weight excluding hydrogens is 282 g/mol. The molecule has 2 rings (SSSR count). The van der Waals surface area contributed by atoms with Crippen molar-refractivity contribution in [3.8, 4) is 16.9 Å². The van der Waals surface area contributed by atoms with Crippen LogP contribution >= 0.6 is 11.6 Å². The van der Waals surface area contributed by atoms with Gasteiger partial charge in [-0.1, -0.05) is 42.8 Å². The predicted octanol–water partition coefficient (Wildman–Crippen LogP) is 4.90. The SMILES string of the molecule is CCNCc1ccc(-c2cccc(OC(C)C)c2)c(Cl)c1. The molecule has 2 aromatic rings. The van der Waals surface area contributed by atoms with Crippen molar-refractivity contribution in [2.24, 2.45) is 0 Å². The van der Waals surface area contributed by atoms with E-state index in [1.54, 1.807) is 0 Å². The van der Waals surface area contributed by atoms with Crippen molar-refractivity contribution in [2.75, 3.05) is 6.54 Å². The fraction of sp³-hybridized carbons (Fsp3) is 0.333. The highest BCUT2D eigenvalue weighted by Gasteiger charge is 2.06. The standard InChI is InChI=1S/C18H22ClNO/c1-4-20-12-14-8-9-17(18(19)10-14)15-6-5-7-16(11-15)21-13(2)3/h5-11,13,20H,4,12H2,1-3H3. The molecule has 0 aliphatic carbocycles. The largest absolute Gasteiger partial charge is 0.491 e. The van der Waals surface area contributed by atoms with E-state index in [1.807, 2.05) is 38.1 Å². The fourth-order valence-electron chi connectivity index (χ4n) is 2.18.